The molecule has 2 aromatic rings. The number of nitriles is 1. The number of aliphatic hydroxyl groups is 1. The molecule has 1 aromatic heterocycles. The molecule has 0 aliphatic carbocycles. The van der Waals surface area contributed by atoms with Crippen molar-refractivity contribution < 1.29 is 5.11 Å². The molecule has 1 aromatic carbocycles. The van der Waals surface area contributed by atoms with Crippen molar-refractivity contribution in [2.24, 2.45) is 0 Å². The van der Waals surface area contributed by atoms with Gasteiger partial charge in [0.2, 0.25) is 0 Å². The predicted molar refractivity (Wildman–Crippen MR) is 81.7 cm³/mol. The summed E-state index contributed by atoms with van der Waals surface area (Å²) < 4.78 is 1.93. The molecule has 2 unspecified atom stereocenters. The van der Waals surface area contributed by atoms with Crippen LogP contribution in [-0.2, 0) is 12.0 Å². The van der Waals surface area contributed by atoms with E-state index in [1.54, 1.807) is 31.2 Å². The maximum Gasteiger partial charge on any atom is 0.0991 e. The minimum Gasteiger partial charge on any atom is -0.385 e. The zero-order valence-electron chi connectivity index (χ0n) is 12.7. The average molecular weight is 283 g/mol. The Balaban J connectivity index is 2.16. The van der Waals surface area contributed by atoms with Crippen LogP contribution in [0.2, 0.25) is 0 Å². The van der Waals surface area contributed by atoms with E-state index >= 15 is 0 Å². The largest absolute Gasteiger partial charge is 0.385 e. The molecule has 0 spiro atoms. The molecule has 4 heteroatoms. The van der Waals surface area contributed by atoms with Gasteiger partial charge in [-0.15, -0.1) is 0 Å². The number of benzene rings is 1. The van der Waals surface area contributed by atoms with E-state index in [1.807, 2.05) is 16.9 Å². The lowest BCUT2D eigenvalue weighted by Gasteiger charge is -2.23. The molecule has 0 saturated carbocycles. The van der Waals surface area contributed by atoms with Gasteiger partial charge < -0.3 is 5.11 Å². The van der Waals surface area contributed by atoms with E-state index < -0.39 is 5.60 Å². The standard InChI is InChI=1S/C17H21N3O/c1-4-13(2)20-10-9-16(19-20)11-17(3,21)15-7-5-14(12-18)6-8-15/h5-10,13,21H,4,11H2,1-3H3. The maximum atomic E-state index is 10.7. The summed E-state index contributed by atoms with van der Waals surface area (Å²) in [7, 11) is 0. The van der Waals surface area contributed by atoms with Crippen LogP contribution in [0.4, 0.5) is 0 Å². The minimum absolute atomic E-state index is 0.360. The molecule has 0 aliphatic heterocycles. The van der Waals surface area contributed by atoms with Gasteiger partial charge in [-0.3, -0.25) is 4.68 Å². The van der Waals surface area contributed by atoms with E-state index in [9.17, 15) is 5.11 Å². The van der Waals surface area contributed by atoms with Crippen LogP contribution in [0.5, 0.6) is 0 Å². The lowest BCUT2D eigenvalue weighted by molar-refractivity contribution is 0.0563. The minimum atomic E-state index is -0.997. The summed E-state index contributed by atoms with van der Waals surface area (Å²) in [6.07, 6.45) is 3.42. The van der Waals surface area contributed by atoms with E-state index in [2.05, 4.69) is 25.0 Å². The lowest BCUT2D eigenvalue weighted by Crippen LogP contribution is -2.24. The molecule has 0 bridgehead atoms. The smallest absolute Gasteiger partial charge is 0.0991 e. The summed E-state index contributed by atoms with van der Waals surface area (Å²) in [6.45, 7) is 6.02. The lowest BCUT2D eigenvalue weighted by atomic mass is 9.90. The highest BCUT2D eigenvalue weighted by Gasteiger charge is 2.25. The Labute approximate surface area is 125 Å². The van der Waals surface area contributed by atoms with E-state index in [0.717, 1.165) is 17.7 Å². The Morgan fingerprint density at radius 1 is 1.33 bits per heavy atom. The molecule has 1 N–H and O–H groups in total. The van der Waals surface area contributed by atoms with Crippen molar-refractivity contribution in [3.05, 3.63) is 53.3 Å². The second-order valence-corrected chi connectivity index (χ2v) is 5.68. The van der Waals surface area contributed by atoms with E-state index in [1.165, 1.54) is 0 Å². The zero-order chi connectivity index (χ0) is 15.5. The monoisotopic (exact) mass is 283 g/mol. The Kier molecular flexibility index (Phi) is 4.44. The van der Waals surface area contributed by atoms with Crippen LogP contribution in [-0.4, -0.2) is 14.9 Å². The first-order chi connectivity index (χ1) is 9.96. The van der Waals surface area contributed by atoms with Crippen LogP contribution >= 0.6 is 0 Å². The van der Waals surface area contributed by atoms with Crippen LogP contribution in [0.25, 0.3) is 0 Å². The van der Waals surface area contributed by atoms with Gasteiger partial charge in [0.15, 0.2) is 0 Å². The number of hydrogen-bond donors (Lipinski definition) is 1. The van der Waals surface area contributed by atoms with Gasteiger partial charge in [-0.2, -0.15) is 10.4 Å². The van der Waals surface area contributed by atoms with Crippen LogP contribution in [0.1, 0.15) is 50.1 Å². The van der Waals surface area contributed by atoms with Gasteiger partial charge in [0, 0.05) is 18.7 Å². The molecule has 2 rings (SSSR count). The molecular formula is C17H21N3O. The average Bonchev–Trinajstić information content (AvgIpc) is 2.94. The molecular weight excluding hydrogens is 262 g/mol. The first-order valence-corrected chi connectivity index (χ1v) is 7.23. The molecule has 21 heavy (non-hydrogen) atoms. The molecule has 1 heterocycles. The normalized spacial score (nSPS) is 15.2. The van der Waals surface area contributed by atoms with E-state index in [-0.39, 0.29) is 0 Å². The predicted octanol–water partition coefficient (Wildman–Crippen LogP) is 3.18. The number of aromatic nitrogens is 2. The van der Waals surface area contributed by atoms with Crippen molar-refractivity contribution in [1.29, 1.82) is 5.26 Å². The third-order valence-electron chi connectivity index (χ3n) is 3.87. The summed E-state index contributed by atoms with van der Waals surface area (Å²) in [4.78, 5) is 0. The second-order valence-electron chi connectivity index (χ2n) is 5.68. The van der Waals surface area contributed by atoms with Gasteiger partial charge in [0.05, 0.1) is 22.9 Å². The Bertz CT molecular complexity index is 635. The Morgan fingerprint density at radius 3 is 2.57 bits per heavy atom. The fourth-order valence-electron chi connectivity index (χ4n) is 2.26. The zero-order valence-corrected chi connectivity index (χ0v) is 12.7. The summed E-state index contributed by atoms with van der Waals surface area (Å²) in [5, 5.41) is 24.0. The van der Waals surface area contributed by atoms with E-state index in [4.69, 9.17) is 5.26 Å². The van der Waals surface area contributed by atoms with Crippen LogP contribution in [0.15, 0.2) is 36.5 Å². The summed E-state index contributed by atoms with van der Waals surface area (Å²) in [6, 6.07) is 11.4. The van der Waals surface area contributed by atoms with Gasteiger partial charge in [0.25, 0.3) is 0 Å². The van der Waals surface area contributed by atoms with E-state index in [0.29, 0.717) is 18.0 Å². The first kappa shape index (κ1) is 15.3. The maximum absolute atomic E-state index is 10.7. The fourth-order valence-corrected chi connectivity index (χ4v) is 2.26. The molecule has 110 valence electrons. The van der Waals surface area contributed by atoms with Crippen molar-refractivity contribution in [2.45, 2.75) is 45.3 Å². The molecule has 0 aliphatic rings. The molecule has 4 nitrogen and oxygen atoms in total. The molecule has 0 fully saturated rings. The molecule has 0 saturated heterocycles. The fraction of sp³-hybridized carbons (Fsp3) is 0.412. The van der Waals surface area contributed by atoms with Gasteiger partial charge in [-0.1, -0.05) is 19.1 Å². The Morgan fingerprint density at radius 2 is 2.00 bits per heavy atom. The topological polar surface area (TPSA) is 61.8 Å². The van der Waals surface area contributed by atoms with Crippen LogP contribution in [0.3, 0.4) is 0 Å². The first-order valence-electron chi connectivity index (χ1n) is 7.23. The second kappa shape index (κ2) is 6.11. The highest BCUT2D eigenvalue weighted by atomic mass is 16.3. The number of rotatable bonds is 5. The van der Waals surface area contributed by atoms with Crippen molar-refractivity contribution in [1.82, 2.24) is 9.78 Å². The van der Waals surface area contributed by atoms with Gasteiger partial charge in [0.1, 0.15) is 0 Å². The van der Waals surface area contributed by atoms with Crippen LogP contribution in [0, 0.1) is 11.3 Å². The summed E-state index contributed by atoms with van der Waals surface area (Å²) in [5.74, 6) is 0. The summed E-state index contributed by atoms with van der Waals surface area (Å²) >= 11 is 0. The summed E-state index contributed by atoms with van der Waals surface area (Å²) in [5.41, 5.74) is 1.25. The van der Waals surface area contributed by atoms with Gasteiger partial charge in [-0.05, 0) is 44.0 Å². The number of nitrogens with zero attached hydrogens (tertiary/aromatic N) is 3. The Hall–Kier alpha value is -2.12. The highest BCUT2D eigenvalue weighted by Crippen LogP contribution is 2.25. The molecule has 2 atom stereocenters. The van der Waals surface area contributed by atoms with Crippen LogP contribution < -0.4 is 0 Å². The molecule has 0 radical (unpaired) electrons. The molecule has 0 amide bonds. The van der Waals surface area contributed by atoms with Crippen molar-refractivity contribution in [2.75, 3.05) is 0 Å². The highest BCUT2D eigenvalue weighted by molar-refractivity contribution is 5.34. The van der Waals surface area contributed by atoms with Gasteiger partial charge in [-0.25, -0.2) is 0 Å². The SMILES string of the molecule is CCC(C)n1ccc(CC(C)(O)c2ccc(C#N)cc2)n1. The quantitative estimate of drug-likeness (QED) is 0.916. The van der Waals surface area contributed by atoms with Crippen molar-refractivity contribution in [3.8, 4) is 6.07 Å². The third kappa shape index (κ3) is 3.50. The number of hydrogen-bond acceptors (Lipinski definition) is 3. The van der Waals surface area contributed by atoms with Crippen molar-refractivity contribution >= 4 is 0 Å². The third-order valence-corrected chi connectivity index (χ3v) is 3.87. The van der Waals surface area contributed by atoms with Gasteiger partial charge >= 0.3 is 0 Å². The van der Waals surface area contributed by atoms with Crippen molar-refractivity contribution in [3.63, 3.8) is 0 Å².